The Hall–Kier alpha value is -0.650. The van der Waals surface area contributed by atoms with Crippen molar-refractivity contribution in [2.24, 2.45) is 0 Å². The highest BCUT2D eigenvalue weighted by molar-refractivity contribution is 7.19. The molecular formula is C15H19ClN2OS. The van der Waals surface area contributed by atoms with Crippen molar-refractivity contribution >= 4 is 33.0 Å². The number of halogens is 1. The molecule has 0 bridgehead atoms. The molecule has 108 valence electrons. The van der Waals surface area contributed by atoms with Crippen LogP contribution in [0.2, 0.25) is 5.02 Å². The van der Waals surface area contributed by atoms with E-state index in [1.165, 1.54) is 9.58 Å². The number of benzene rings is 1. The van der Waals surface area contributed by atoms with Gasteiger partial charge in [0.25, 0.3) is 0 Å². The highest BCUT2D eigenvalue weighted by Gasteiger charge is 2.32. The number of nitrogens with one attached hydrogen (secondary N) is 1. The Kier molecular flexibility index (Phi) is 4.02. The van der Waals surface area contributed by atoms with E-state index in [4.69, 9.17) is 11.6 Å². The van der Waals surface area contributed by atoms with Crippen LogP contribution < -0.4 is 5.32 Å². The summed E-state index contributed by atoms with van der Waals surface area (Å²) in [6.45, 7) is 3.02. The Morgan fingerprint density at radius 1 is 1.45 bits per heavy atom. The minimum atomic E-state index is -0.599. The normalized spacial score (nSPS) is 23.0. The first kappa shape index (κ1) is 14.3. The molecule has 1 aliphatic rings. The summed E-state index contributed by atoms with van der Waals surface area (Å²) < 4.78 is 1.22. The van der Waals surface area contributed by atoms with Crippen molar-refractivity contribution in [3.8, 4) is 0 Å². The van der Waals surface area contributed by atoms with Crippen LogP contribution in [0.4, 0.5) is 0 Å². The maximum Gasteiger partial charge on any atom is 0.0909 e. The molecule has 2 N–H and O–H groups in total. The molecule has 1 fully saturated rings. The molecule has 1 aromatic carbocycles. The van der Waals surface area contributed by atoms with E-state index in [1.54, 1.807) is 11.3 Å². The van der Waals surface area contributed by atoms with E-state index >= 15 is 0 Å². The van der Waals surface area contributed by atoms with E-state index in [0.29, 0.717) is 13.1 Å². The highest BCUT2D eigenvalue weighted by Crippen LogP contribution is 2.35. The van der Waals surface area contributed by atoms with Gasteiger partial charge in [0.15, 0.2) is 0 Å². The van der Waals surface area contributed by atoms with Crippen LogP contribution >= 0.6 is 22.9 Å². The molecule has 2 aromatic rings. The van der Waals surface area contributed by atoms with Crippen molar-refractivity contribution in [3.05, 3.63) is 34.2 Å². The molecule has 1 saturated heterocycles. The largest absolute Gasteiger partial charge is 0.387 e. The number of fused-ring (bicyclic) bond motifs is 1. The highest BCUT2D eigenvalue weighted by atomic mass is 35.5. The molecule has 0 saturated carbocycles. The number of likely N-dealkylation sites (N-methyl/N-ethyl adjacent to an activating group) is 1. The van der Waals surface area contributed by atoms with Gasteiger partial charge in [-0.25, -0.2) is 0 Å². The molecule has 0 spiro atoms. The van der Waals surface area contributed by atoms with E-state index in [0.717, 1.165) is 29.9 Å². The molecule has 1 aromatic heterocycles. The maximum absolute atomic E-state index is 10.4. The third-order valence-electron chi connectivity index (χ3n) is 3.80. The van der Waals surface area contributed by atoms with Gasteiger partial charge in [0.1, 0.15) is 0 Å². The smallest absolute Gasteiger partial charge is 0.0909 e. The van der Waals surface area contributed by atoms with E-state index in [-0.39, 0.29) is 0 Å². The summed E-state index contributed by atoms with van der Waals surface area (Å²) in [7, 11) is 2.04. The molecule has 5 heteroatoms. The Morgan fingerprint density at radius 3 is 2.95 bits per heavy atom. The number of aliphatic hydroxyl groups is 1. The van der Waals surface area contributed by atoms with Gasteiger partial charge >= 0.3 is 0 Å². The zero-order valence-corrected chi connectivity index (χ0v) is 13.1. The van der Waals surface area contributed by atoms with E-state index in [2.05, 4.69) is 22.3 Å². The summed E-state index contributed by atoms with van der Waals surface area (Å²) in [4.78, 5) is 3.33. The first-order valence-electron chi connectivity index (χ1n) is 6.85. The second-order valence-electron chi connectivity index (χ2n) is 5.66. The van der Waals surface area contributed by atoms with Crippen molar-refractivity contribution in [1.82, 2.24) is 10.2 Å². The topological polar surface area (TPSA) is 35.5 Å². The van der Waals surface area contributed by atoms with Gasteiger partial charge in [-0.1, -0.05) is 29.8 Å². The fourth-order valence-corrected chi connectivity index (χ4v) is 4.41. The number of nitrogens with zero attached hydrogens (tertiary/aromatic N) is 1. The zero-order chi connectivity index (χ0) is 14.2. The molecule has 1 atom stereocenters. The van der Waals surface area contributed by atoms with Gasteiger partial charge in [-0.05, 0) is 26.1 Å². The third-order valence-corrected chi connectivity index (χ3v) is 5.50. The number of thiophene rings is 1. The molecule has 0 radical (unpaired) electrons. The SMILES string of the molecule is CN(Cc1sc2ccccc2c1Cl)CC1(O)CCNC1. The minimum absolute atomic E-state index is 0.599. The minimum Gasteiger partial charge on any atom is -0.387 e. The Morgan fingerprint density at radius 2 is 2.25 bits per heavy atom. The lowest BCUT2D eigenvalue weighted by molar-refractivity contribution is 0.0266. The summed E-state index contributed by atoms with van der Waals surface area (Å²) in [5.74, 6) is 0. The van der Waals surface area contributed by atoms with Gasteiger partial charge in [0.05, 0.1) is 10.6 Å². The number of hydrogen-bond acceptors (Lipinski definition) is 4. The quantitative estimate of drug-likeness (QED) is 0.911. The third kappa shape index (κ3) is 2.85. The van der Waals surface area contributed by atoms with Crippen LogP contribution in [0, 0.1) is 0 Å². The molecule has 2 heterocycles. The lowest BCUT2D eigenvalue weighted by atomic mass is 10.0. The Labute approximate surface area is 128 Å². The zero-order valence-electron chi connectivity index (χ0n) is 11.5. The average Bonchev–Trinajstić information content (AvgIpc) is 2.96. The van der Waals surface area contributed by atoms with Crippen LogP contribution in [0.1, 0.15) is 11.3 Å². The van der Waals surface area contributed by atoms with E-state index in [1.807, 2.05) is 19.2 Å². The van der Waals surface area contributed by atoms with Crippen molar-refractivity contribution in [2.45, 2.75) is 18.6 Å². The first-order chi connectivity index (χ1) is 9.57. The molecule has 1 unspecified atom stereocenters. The van der Waals surface area contributed by atoms with Crippen molar-refractivity contribution in [2.75, 3.05) is 26.7 Å². The average molecular weight is 311 g/mol. The van der Waals surface area contributed by atoms with Gasteiger partial charge in [0, 0.05) is 34.6 Å². The lowest BCUT2D eigenvalue weighted by Gasteiger charge is -2.27. The number of rotatable bonds is 4. The summed E-state index contributed by atoms with van der Waals surface area (Å²) in [6, 6.07) is 8.22. The molecule has 3 nitrogen and oxygen atoms in total. The molecular weight excluding hydrogens is 292 g/mol. The van der Waals surface area contributed by atoms with Gasteiger partial charge in [0.2, 0.25) is 0 Å². The van der Waals surface area contributed by atoms with Gasteiger partial charge in [-0.2, -0.15) is 0 Å². The summed E-state index contributed by atoms with van der Waals surface area (Å²) in [5, 5.41) is 15.6. The Bertz CT molecular complexity index is 607. The standard InChI is InChI=1S/C15H19ClN2OS/c1-18(10-15(19)6-7-17-9-15)8-13-14(16)11-4-2-3-5-12(11)20-13/h2-5,17,19H,6-10H2,1H3. The predicted molar refractivity (Wildman–Crippen MR) is 85.6 cm³/mol. The molecule has 3 rings (SSSR count). The molecule has 0 amide bonds. The van der Waals surface area contributed by atoms with Crippen molar-refractivity contribution in [3.63, 3.8) is 0 Å². The van der Waals surface area contributed by atoms with Crippen LogP contribution in [-0.4, -0.2) is 42.3 Å². The summed E-state index contributed by atoms with van der Waals surface area (Å²) in [5.41, 5.74) is -0.599. The van der Waals surface area contributed by atoms with Crippen LogP contribution in [-0.2, 0) is 6.54 Å². The van der Waals surface area contributed by atoms with Crippen LogP contribution in [0.3, 0.4) is 0 Å². The molecule has 20 heavy (non-hydrogen) atoms. The van der Waals surface area contributed by atoms with Crippen LogP contribution in [0.5, 0.6) is 0 Å². The fourth-order valence-electron chi connectivity index (χ4n) is 2.84. The first-order valence-corrected chi connectivity index (χ1v) is 8.04. The van der Waals surface area contributed by atoms with E-state index < -0.39 is 5.60 Å². The van der Waals surface area contributed by atoms with Crippen LogP contribution in [0.25, 0.3) is 10.1 Å². The maximum atomic E-state index is 10.4. The van der Waals surface area contributed by atoms with Gasteiger partial charge in [-0.15, -0.1) is 11.3 Å². The van der Waals surface area contributed by atoms with Crippen molar-refractivity contribution < 1.29 is 5.11 Å². The number of β-amino-alcohol motifs (C(OH)–C–C–N with tert-alkyl or cyclic N) is 1. The summed E-state index contributed by atoms with van der Waals surface area (Å²) in [6.07, 6.45) is 0.817. The monoisotopic (exact) mass is 310 g/mol. The van der Waals surface area contributed by atoms with Crippen molar-refractivity contribution in [1.29, 1.82) is 0 Å². The molecule has 0 aliphatic carbocycles. The predicted octanol–water partition coefficient (Wildman–Crippen LogP) is 2.71. The molecule has 1 aliphatic heterocycles. The van der Waals surface area contributed by atoms with Gasteiger partial charge in [-0.3, -0.25) is 4.90 Å². The Balaban J connectivity index is 1.74. The lowest BCUT2D eigenvalue weighted by Crippen LogP contribution is -2.42. The fraction of sp³-hybridized carbons (Fsp3) is 0.467. The van der Waals surface area contributed by atoms with Crippen LogP contribution in [0.15, 0.2) is 24.3 Å². The second-order valence-corrected chi connectivity index (χ2v) is 7.17. The number of hydrogen-bond donors (Lipinski definition) is 2. The van der Waals surface area contributed by atoms with Gasteiger partial charge < -0.3 is 10.4 Å². The van der Waals surface area contributed by atoms with E-state index in [9.17, 15) is 5.11 Å². The second kappa shape index (κ2) is 5.62. The summed E-state index contributed by atoms with van der Waals surface area (Å²) >= 11 is 8.20.